The molecule has 136 valence electrons. The molecule has 3 rings (SSSR count). The zero-order valence-electron chi connectivity index (χ0n) is 14.7. The highest BCUT2D eigenvalue weighted by molar-refractivity contribution is 5.96. The summed E-state index contributed by atoms with van der Waals surface area (Å²) in [5, 5.41) is 0. The van der Waals surface area contributed by atoms with Crippen LogP contribution in [0.1, 0.15) is 17.3 Å². The highest BCUT2D eigenvalue weighted by atomic mass is 19.1. The van der Waals surface area contributed by atoms with Crippen molar-refractivity contribution in [3.8, 4) is 5.75 Å². The van der Waals surface area contributed by atoms with Crippen LogP contribution in [0.15, 0.2) is 48.5 Å². The number of benzene rings is 2. The summed E-state index contributed by atoms with van der Waals surface area (Å²) in [4.78, 5) is 27.9. The van der Waals surface area contributed by atoms with Gasteiger partial charge in [0.2, 0.25) is 0 Å². The first-order valence-electron chi connectivity index (χ1n) is 8.55. The van der Waals surface area contributed by atoms with Crippen molar-refractivity contribution < 1.29 is 18.7 Å². The van der Waals surface area contributed by atoms with Gasteiger partial charge >= 0.3 is 0 Å². The molecule has 26 heavy (non-hydrogen) atoms. The Kier molecular flexibility index (Phi) is 5.51. The van der Waals surface area contributed by atoms with E-state index in [0.29, 0.717) is 37.5 Å². The van der Waals surface area contributed by atoms with E-state index in [9.17, 15) is 14.0 Å². The van der Waals surface area contributed by atoms with Crippen molar-refractivity contribution in [3.63, 3.8) is 0 Å². The van der Waals surface area contributed by atoms with E-state index in [4.69, 9.17) is 4.74 Å². The highest BCUT2D eigenvalue weighted by Crippen LogP contribution is 2.19. The molecule has 1 saturated heterocycles. The van der Waals surface area contributed by atoms with Crippen molar-refractivity contribution in [2.45, 2.75) is 6.92 Å². The number of piperazine rings is 1. The van der Waals surface area contributed by atoms with Gasteiger partial charge in [0, 0.05) is 31.9 Å². The van der Waals surface area contributed by atoms with Crippen molar-refractivity contribution in [1.82, 2.24) is 4.90 Å². The van der Waals surface area contributed by atoms with Crippen LogP contribution in [0.4, 0.5) is 10.1 Å². The number of para-hydroxylation sites is 1. The third-order valence-corrected chi connectivity index (χ3v) is 4.44. The summed E-state index contributed by atoms with van der Waals surface area (Å²) in [7, 11) is 0. The maximum Gasteiger partial charge on any atom is 0.260 e. The van der Waals surface area contributed by atoms with E-state index in [1.54, 1.807) is 41.3 Å². The molecule has 0 bridgehead atoms. The third kappa shape index (κ3) is 4.20. The SMILES string of the molecule is CC(=O)c1ccccc1OCC(=O)N1CCN(c2ccc(F)cc2)CC1. The van der Waals surface area contributed by atoms with Gasteiger partial charge in [-0.2, -0.15) is 0 Å². The van der Waals surface area contributed by atoms with Gasteiger partial charge in [0.05, 0.1) is 5.56 Å². The Hall–Kier alpha value is -2.89. The molecular weight excluding hydrogens is 335 g/mol. The Balaban J connectivity index is 1.53. The maximum absolute atomic E-state index is 13.0. The Morgan fingerprint density at radius 2 is 1.65 bits per heavy atom. The number of halogens is 1. The normalized spacial score (nSPS) is 14.2. The lowest BCUT2D eigenvalue weighted by Crippen LogP contribution is -2.50. The number of anilines is 1. The molecule has 0 spiro atoms. The molecule has 0 radical (unpaired) electrons. The van der Waals surface area contributed by atoms with Crippen LogP contribution in [0, 0.1) is 5.82 Å². The first-order chi connectivity index (χ1) is 12.5. The van der Waals surface area contributed by atoms with Crippen LogP contribution in [0.25, 0.3) is 0 Å². The fraction of sp³-hybridized carbons (Fsp3) is 0.300. The van der Waals surface area contributed by atoms with Gasteiger partial charge in [-0.3, -0.25) is 9.59 Å². The van der Waals surface area contributed by atoms with Crippen LogP contribution in [0.5, 0.6) is 5.75 Å². The maximum atomic E-state index is 13.0. The van der Waals surface area contributed by atoms with Gasteiger partial charge in [-0.05, 0) is 43.3 Å². The van der Waals surface area contributed by atoms with Gasteiger partial charge in [0.25, 0.3) is 5.91 Å². The van der Waals surface area contributed by atoms with Gasteiger partial charge in [-0.25, -0.2) is 4.39 Å². The lowest BCUT2D eigenvalue weighted by molar-refractivity contribution is -0.133. The van der Waals surface area contributed by atoms with E-state index >= 15 is 0 Å². The van der Waals surface area contributed by atoms with Crippen LogP contribution in [-0.4, -0.2) is 49.4 Å². The molecule has 6 heteroatoms. The predicted octanol–water partition coefficient (Wildman–Crippen LogP) is 2.76. The summed E-state index contributed by atoms with van der Waals surface area (Å²) in [5.74, 6) is -0.0353. The molecule has 2 aromatic rings. The fourth-order valence-electron chi connectivity index (χ4n) is 2.98. The molecule has 1 aliphatic heterocycles. The predicted molar refractivity (Wildman–Crippen MR) is 97.1 cm³/mol. The van der Waals surface area contributed by atoms with E-state index in [2.05, 4.69) is 4.90 Å². The monoisotopic (exact) mass is 356 g/mol. The molecule has 0 unspecified atom stereocenters. The molecule has 0 aliphatic carbocycles. The number of amides is 1. The number of Topliss-reactive ketones (excluding diaryl/α,β-unsaturated/α-hetero) is 1. The van der Waals surface area contributed by atoms with Crippen molar-refractivity contribution in [1.29, 1.82) is 0 Å². The zero-order chi connectivity index (χ0) is 18.5. The second-order valence-electron chi connectivity index (χ2n) is 6.19. The second kappa shape index (κ2) is 7.99. The summed E-state index contributed by atoms with van der Waals surface area (Å²) in [6.07, 6.45) is 0. The molecule has 1 heterocycles. The molecule has 0 atom stereocenters. The molecule has 0 saturated carbocycles. The average molecular weight is 356 g/mol. The molecule has 1 amide bonds. The lowest BCUT2D eigenvalue weighted by atomic mass is 10.1. The van der Waals surface area contributed by atoms with E-state index in [1.807, 2.05) is 0 Å². The molecule has 2 aromatic carbocycles. The van der Waals surface area contributed by atoms with Crippen LogP contribution < -0.4 is 9.64 Å². The summed E-state index contributed by atoms with van der Waals surface area (Å²) in [6.45, 7) is 3.89. The Labute approximate surface area is 152 Å². The van der Waals surface area contributed by atoms with Gasteiger partial charge in [-0.15, -0.1) is 0 Å². The van der Waals surface area contributed by atoms with E-state index in [1.165, 1.54) is 19.1 Å². The lowest BCUT2D eigenvalue weighted by Gasteiger charge is -2.36. The topological polar surface area (TPSA) is 49.9 Å². The van der Waals surface area contributed by atoms with Crippen molar-refractivity contribution in [2.75, 3.05) is 37.7 Å². The van der Waals surface area contributed by atoms with Crippen molar-refractivity contribution in [2.24, 2.45) is 0 Å². The second-order valence-corrected chi connectivity index (χ2v) is 6.19. The van der Waals surface area contributed by atoms with Crippen molar-refractivity contribution >= 4 is 17.4 Å². The summed E-state index contributed by atoms with van der Waals surface area (Å²) in [6, 6.07) is 13.3. The van der Waals surface area contributed by atoms with E-state index in [-0.39, 0.29) is 24.1 Å². The number of hydrogen-bond acceptors (Lipinski definition) is 4. The average Bonchev–Trinajstić information content (AvgIpc) is 2.67. The van der Waals surface area contributed by atoms with Crippen LogP contribution in [0.3, 0.4) is 0 Å². The van der Waals surface area contributed by atoms with Gasteiger partial charge < -0.3 is 14.5 Å². The fourth-order valence-corrected chi connectivity index (χ4v) is 2.98. The smallest absolute Gasteiger partial charge is 0.260 e. The van der Waals surface area contributed by atoms with Crippen LogP contribution >= 0.6 is 0 Å². The highest BCUT2D eigenvalue weighted by Gasteiger charge is 2.22. The van der Waals surface area contributed by atoms with E-state index in [0.717, 1.165) is 5.69 Å². The van der Waals surface area contributed by atoms with Gasteiger partial charge in [0.1, 0.15) is 11.6 Å². The Bertz CT molecular complexity index is 784. The number of hydrogen-bond donors (Lipinski definition) is 0. The number of carbonyl (C=O) groups excluding carboxylic acids is 2. The van der Waals surface area contributed by atoms with Gasteiger partial charge in [-0.1, -0.05) is 12.1 Å². The minimum absolute atomic E-state index is 0.0963. The standard InChI is InChI=1S/C20H21FN2O3/c1-15(24)18-4-2-3-5-19(18)26-14-20(25)23-12-10-22(11-13-23)17-8-6-16(21)7-9-17/h2-9H,10-14H2,1H3. The van der Waals surface area contributed by atoms with E-state index < -0.39 is 0 Å². The number of ketones is 1. The summed E-state index contributed by atoms with van der Waals surface area (Å²) in [5.41, 5.74) is 1.42. The first kappa shape index (κ1) is 17.9. The minimum Gasteiger partial charge on any atom is -0.483 e. The van der Waals surface area contributed by atoms with Crippen LogP contribution in [0.2, 0.25) is 0 Å². The number of rotatable bonds is 5. The number of ether oxygens (including phenoxy) is 1. The summed E-state index contributed by atoms with van der Waals surface area (Å²) < 4.78 is 18.6. The number of carbonyl (C=O) groups is 2. The number of nitrogens with zero attached hydrogens (tertiary/aromatic N) is 2. The molecule has 0 N–H and O–H groups in total. The molecule has 1 aliphatic rings. The molecule has 1 fully saturated rings. The third-order valence-electron chi connectivity index (χ3n) is 4.44. The molecule has 0 aromatic heterocycles. The first-order valence-corrected chi connectivity index (χ1v) is 8.55. The zero-order valence-corrected chi connectivity index (χ0v) is 14.7. The molecular formula is C20H21FN2O3. The summed E-state index contributed by atoms with van der Waals surface area (Å²) >= 11 is 0. The Morgan fingerprint density at radius 3 is 2.31 bits per heavy atom. The van der Waals surface area contributed by atoms with Crippen molar-refractivity contribution in [3.05, 3.63) is 59.9 Å². The Morgan fingerprint density at radius 1 is 1.00 bits per heavy atom. The van der Waals surface area contributed by atoms with Gasteiger partial charge in [0.15, 0.2) is 12.4 Å². The largest absolute Gasteiger partial charge is 0.483 e. The quantitative estimate of drug-likeness (QED) is 0.773. The molecule has 5 nitrogen and oxygen atoms in total. The minimum atomic E-state index is -0.259. The van der Waals surface area contributed by atoms with Crippen LogP contribution in [-0.2, 0) is 4.79 Å².